The first-order valence-electron chi connectivity index (χ1n) is 28.9. The zero-order chi connectivity index (χ0) is 49.3. The van der Waals surface area contributed by atoms with Crippen molar-refractivity contribution in [1.82, 2.24) is 0 Å². The van der Waals surface area contributed by atoms with Gasteiger partial charge in [0.05, 0.1) is 0 Å². The second-order valence-electron chi connectivity index (χ2n) is 19.2. The molecular formula is C62H108O6. The Bertz CT molecular complexity index is 1270. The molecule has 0 rings (SSSR count). The molecule has 0 saturated carbocycles. The van der Waals surface area contributed by atoms with Gasteiger partial charge < -0.3 is 14.2 Å². The molecule has 0 spiro atoms. The quantitative estimate of drug-likeness (QED) is 0.0262. The minimum absolute atomic E-state index is 0.101. The van der Waals surface area contributed by atoms with Crippen molar-refractivity contribution in [2.45, 2.75) is 290 Å². The maximum absolute atomic E-state index is 12.8. The Hall–Kier alpha value is -3.15. The van der Waals surface area contributed by atoms with Gasteiger partial charge in [-0.15, -0.1) is 0 Å². The van der Waals surface area contributed by atoms with Crippen LogP contribution in [0.4, 0.5) is 0 Å². The summed E-state index contributed by atoms with van der Waals surface area (Å²) >= 11 is 0. The predicted octanol–water partition coefficient (Wildman–Crippen LogP) is 19.4. The third-order valence-corrected chi connectivity index (χ3v) is 12.4. The molecule has 0 aliphatic carbocycles. The third-order valence-electron chi connectivity index (χ3n) is 12.4. The van der Waals surface area contributed by atoms with Crippen LogP contribution in [0.2, 0.25) is 0 Å². The maximum atomic E-state index is 12.8. The van der Waals surface area contributed by atoms with Crippen molar-refractivity contribution in [3.63, 3.8) is 0 Å². The average molecular weight is 950 g/mol. The van der Waals surface area contributed by atoms with E-state index in [9.17, 15) is 14.4 Å². The topological polar surface area (TPSA) is 78.9 Å². The average Bonchev–Trinajstić information content (AvgIpc) is 3.34. The number of hydrogen-bond acceptors (Lipinski definition) is 6. The van der Waals surface area contributed by atoms with Crippen LogP contribution in [0.3, 0.4) is 0 Å². The van der Waals surface area contributed by atoms with Crippen molar-refractivity contribution < 1.29 is 28.6 Å². The zero-order valence-corrected chi connectivity index (χ0v) is 44.9. The molecule has 68 heavy (non-hydrogen) atoms. The number of esters is 3. The molecule has 0 saturated heterocycles. The van der Waals surface area contributed by atoms with E-state index in [4.69, 9.17) is 14.2 Å². The van der Waals surface area contributed by atoms with Crippen LogP contribution in [0, 0.1) is 0 Å². The molecule has 0 heterocycles. The summed E-state index contributed by atoms with van der Waals surface area (Å²) in [5.41, 5.74) is 0. The van der Waals surface area contributed by atoms with Crippen LogP contribution >= 0.6 is 0 Å². The second-order valence-corrected chi connectivity index (χ2v) is 19.2. The van der Waals surface area contributed by atoms with Crippen LogP contribution in [0.1, 0.15) is 284 Å². The minimum atomic E-state index is -0.809. The monoisotopic (exact) mass is 949 g/mol. The molecule has 0 fully saturated rings. The minimum Gasteiger partial charge on any atom is -0.462 e. The number of carbonyl (C=O) groups excluding carboxylic acids is 3. The molecule has 0 aromatic carbocycles. The summed E-state index contributed by atoms with van der Waals surface area (Å²) in [6.45, 7) is 6.47. The molecule has 0 aliphatic heterocycles. The van der Waals surface area contributed by atoms with E-state index in [1.54, 1.807) is 0 Å². The van der Waals surface area contributed by atoms with Crippen LogP contribution in [0.25, 0.3) is 0 Å². The molecule has 0 aromatic rings. The zero-order valence-electron chi connectivity index (χ0n) is 44.9. The molecular weight excluding hydrogens is 841 g/mol. The molecule has 0 N–H and O–H groups in total. The lowest BCUT2D eigenvalue weighted by molar-refractivity contribution is -0.166. The number of carbonyl (C=O) groups is 3. The van der Waals surface area contributed by atoms with Gasteiger partial charge in [-0.05, 0) is 96.3 Å². The maximum Gasteiger partial charge on any atom is 0.306 e. The van der Waals surface area contributed by atoms with Gasteiger partial charge >= 0.3 is 17.9 Å². The third kappa shape index (κ3) is 53.8. The van der Waals surface area contributed by atoms with E-state index >= 15 is 0 Å². The highest BCUT2D eigenvalue weighted by atomic mass is 16.6. The fourth-order valence-corrected chi connectivity index (χ4v) is 8.09. The smallest absolute Gasteiger partial charge is 0.306 e. The van der Waals surface area contributed by atoms with Gasteiger partial charge in [0.15, 0.2) is 6.10 Å². The van der Waals surface area contributed by atoms with Gasteiger partial charge in [-0.1, -0.05) is 241 Å². The molecule has 0 aliphatic rings. The summed E-state index contributed by atoms with van der Waals surface area (Å²) in [5, 5.41) is 0. The number of unbranched alkanes of at least 4 members (excludes halogenated alkanes) is 29. The normalized spacial score (nSPS) is 12.6. The highest BCUT2D eigenvalue weighted by molar-refractivity contribution is 5.71. The molecule has 0 bridgehead atoms. The van der Waals surface area contributed by atoms with E-state index in [1.807, 2.05) is 6.08 Å². The Morgan fingerprint density at radius 2 is 0.603 bits per heavy atom. The van der Waals surface area contributed by atoms with Gasteiger partial charge in [-0.25, -0.2) is 0 Å². The van der Waals surface area contributed by atoms with Gasteiger partial charge in [-0.2, -0.15) is 0 Å². The van der Waals surface area contributed by atoms with Gasteiger partial charge in [0.25, 0.3) is 0 Å². The summed E-state index contributed by atoms with van der Waals surface area (Å²) in [4.78, 5) is 38.1. The van der Waals surface area contributed by atoms with Crippen molar-refractivity contribution in [3.05, 3.63) is 72.9 Å². The van der Waals surface area contributed by atoms with Crippen LogP contribution in [0.5, 0.6) is 0 Å². The van der Waals surface area contributed by atoms with E-state index in [0.717, 1.165) is 77.0 Å². The Morgan fingerprint density at radius 1 is 0.309 bits per heavy atom. The largest absolute Gasteiger partial charge is 0.462 e. The molecule has 392 valence electrons. The first-order chi connectivity index (χ1) is 33.5. The van der Waals surface area contributed by atoms with Gasteiger partial charge in [0, 0.05) is 19.3 Å². The molecule has 1 unspecified atom stereocenters. The van der Waals surface area contributed by atoms with E-state index in [1.165, 1.54) is 161 Å². The van der Waals surface area contributed by atoms with Crippen LogP contribution in [-0.2, 0) is 28.6 Å². The molecule has 6 heteroatoms. The lowest BCUT2D eigenvalue weighted by Gasteiger charge is -2.18. The van der Waals surface area contributed by atoms with Crippen molar-refractivity contribution in [1.29, 1.82) is 0 Å². The lowest BCUT2D eigenvalue weighted by atomic mass is 10.1. The number of allylic oxidation sites excluding steroid dienone is 12. The Kier molecular flexibility index (Phi) is 53.8. The van der Waals surface area contributed by atoms with Gasteiger partial charge in [0.1, 0.15) is 13.2 Å². The van der Waals surface area contributed by atoms with Crippen molar-refractivity contribution in [2.75, 3.05) is 13.2 Å². The first-order valence-corrected chi connectivity index (χ1v) is 28.9. The fraction of sp³-hybridized carbons (Fsp3) is 0.758. The van der Waals surface area contributed by atoms with Gasteiger partial charge in [-0.3, -0.25) is 14.4 Å². The summed E-state index contributed by atoms with van der Waals surface area (Å²) in [6.07, 6.45) is 72.0. The summed E-state index contributed by atoms with van der Waals surface area (Å²) in [6, 6.07) is 0. The van der Waals surface area contributed by atoms with E-state index in [2.05, 4.69) is 87.6 Å². The fourth-order valence-electron chi connectivity index (χ4n) is 8.09. The Morgan fingerprint density at radius 3 is 0.985 bits per heavy atom. The van der Waals surface area contributed by atoms with E-state index < -0.39 is 6.10 Å². The Balaban J connectivity index is 4.39. The molecule has 1 atom stereocenters. The van der Waals surface area contributed by atoms with E-state index in [-0.39, 0.29) is 37.5 Å². The summed E-state index contributed by atoms with van der Waals surface area (Å²) in [5.74, 6) is -0.989. The van der Waals surface area contributed by atoms with E-state index in [0.29, 0.717) is 19.3 Å². The Labute approximate surface area is 421 Å². The standard InChI is InChI=1S/C62H108O6/c1-4-7-10-13-16-19-22-25-27-29-30-31-32-33-35-37-40-43-46-49-52-55-61(64)67-58-59(57-66-60(63)54-51-48-45-42-39-36-24-21-18-15-12-9-6-3)68-62(65)56-53-50-47-44-41-38-34-28-26-23-20-17-14-11-8-5-2/h9,12,18,21,28-30,34,36,39,45,48,59H,4-8,10-11,13-17,19-20,22-27,31-33,35,37-38,40-44,46-47,49-58H2,1-3H3/b12-9-,21-18-,30-29-,34-28-,39-36-,48-45-. The highest BCUT2D eigenvalue weighted by Crippen LogP contribution is 2.15. The summed E-state index contributed by atoms with van der Waals surface area (Å²) in [7, 11) is 0. The number of ether oxygens (including phenoxy) is 3. The number of hydrogen-bond donors (Lipinski definition) is 0. The van der Waals surface area contributed by atoms with Crippen LogP contribution in [0.15, 0.2) is 72.9 Å². The molecule has 0 radical (unpaired) electrons. The van der Waals surface area contributed by atoms with Crippen LogP contribution in [-0.4, -0.2) is 37.2 Å². The number of rotatable bonds is 52. The molecule has 0 amide bonds. The predicted molar refractivity (Wildman–Crippen MR) is 293 cm³/mol. The van der Waals surface area contributed by atoms with Gasteiger partial charge in [0.2, 0.25) is 0 Å². The molecule has 0 aromatic heterocycles. The SMILES string of the molecule is CC/C=C\C/C=C\C/C=C\C/C=C\CCC(=O)OCC(COC(=O)CCCCCCCCCCC/C=C\CCCCCCCCCC)OC(=O)CCCCCCC/C=C\CCCCCCCCC. The van der Waals surface area contributed by atoms with Crippen molar-refractivity contribution >= 4 is 17.9 Å². The first kappa shape index (κ1) is 64.8. The second kappa shape index (κ2) is 56.4. The molecule has 6 nitrogen and oxygen atoms in total. The highest BCUT2D eigenvalue weighted by Gasteiger charge is 2.19. The van der Waals surface area contributed by atoms with Crippen LogP contribution < -0.4 is 0 Å². The summed E-state index contributed by atoms with van der Waals surface area (Å²) < 4.78 is 16.8. The lowest BCUT2D eigenvalue weighted by Crippen LogP contribution is -2.30. The van der Waals surface area contributed by atoms with Crippen molar-refractivity contribution in [2.24, 2.45) is 0 Å². The van der Waals surface area contributed by atoms with Crippen molar-refractivity contribution in [3.8, 4) is 0 Å².